The van der Waals surface area contributed by atoms with Crippen molar-refractivity contribution in [2.24, 2.45) is 0 Å². The van der Waals surface area contributed by atoms with Crippen LogP contribution in [0.2, 0.25) is 4.34 Å². The number of aryl methyl sites for hydroxylation is 1. The molecule has 2 aromatic rings. The minimum atomic E-state index is -0.877. The number of rotatable bonds is 5. The fraction of sp³-hybridized carbons (Fsp3) is 0.250. The van der Waals surface area contributed by atoms with Gasteiger partial charge in [-0.1, -0.05) is 17.7 Å². The van der Waals surface area contributed by atoms with Crippen molar-refractivity contribution in [3.05, 3.63) is 50.9 Å². The van der Waals surface area contributed by atoms with Crippen LogP contribution >= 0.6 is 22.9 Å². The fourth-order valence-electron chi connectivity index (χ4n) is 1.93. The van der Waals surface area contributed by atoms with Crippen LogP contribution in [-0.4, -0.2) is 25.5 Å². The molecule has 0 aliphatic carbocycles. The molecule has 24 heavy (non-hydrogen) atoms. The molecule has 128 valence electrons. The zero-order valence-corrected chi connectivity index (χ0v) is 14.6. The molecule has 2 rings (SSSR count). The van der Waals surface area contributed by atoms with Crippen LogP contribution in [0.15, 0.2) is 30.3 Å². The summed E-state index contributed by atoms with van der Waals surface area (Å²) in [5.41, 5.74) is 0.668. The van der Waals surface area contributed by atoms with Crippen molar-refractivity contribution in [2.75, 3.05) is 19.0 Å². The number of benzene rings is 1. The van der Waals surface area contributed by atoms with Gasteiger partial charge in [-0.15, -0.1) is 11.3 Å². The normalized spacial score (nSPS) is 11.8. The van der Waals surface area contributed by atoms with E-state index >= 15 is 0 Å². The number of ether oxygens (including phenoxy) is 1. The molecule has 2 amide bonds. The zero-order chi connectivity index (χ0) is 17.7. The third-order valence-electron chi connectivity index (χ3n) is 3.28. The highest BCUT2D eigenvalue weighted by Gasteiger charge is 2.18. The molecule has 0 aliphatic heterocycles. The lowest BCUT2D eigenvalue weighted by Crippen LogP contribution is -2.37. The van der Waals surface area contributed by atoms with Gasteiger partial charge < -0.3 is 15.4 Å². The van der Waals surface area contributed by atoms with Gasteiger partial charge in [0.1, 0.15) is 11.9 Å². The van der Waals surface area contributed by atoms with Gasteiger partial charge in [0.05, 0.1) is 4.34 Å². The summed E-state index contributed by atoms with van der Waals surface area (Å²) in [5.74, 6) is -2.17. The first-order chi connectivity index (χ1) is 11.4. The minimum absolute atomic E-state index is 0.113. The average molecular weight is 371 g/mol. The van der Waals surface area contributed by atoms with Crippen molar-refractivity contribution in [3.63, 3.8) is 0 Å². The fourth-order valence-corrected chi connectivity index (χ4v) is 3.06. The minimum Gasteiger partial charge on any atom is -0.374 e. The molecular formula is C16H16ClFN2O3S. The Morgan fingerprint density at radius 2 is 2.04 bits per heavy atom. The van der Waals surface area contributed by atoms with Crippen molar-refractivity contribution in [1.82, 2.24) is 5.32 Å². The second kappa shape index (κ2) is 8.23. The van der Waals surface area contributed by atoms with Crippen LogP contribution in [0.1, 0.15) is 16.5 Å². The topological polar surface area (TPSA) is 67.4 Å². The molecule has 0 saturated heterocycles. The predicted octanol–water partition coefficient (Wildman–Crippen LogP) is 3.29. The summed E-state index contributed by atoms with van der Waals surface area (Å²) >= 11 is 7.20. The molecule has 1 unspecified atom stereocenters. The van der Waals surface area contributed by atoms with Crippen molar-refractivity contribution >= 4 is 40.4 Å². The van der Waals surface area contributed by atoms with Crippen LogP contribution in [0.3, 0.4) is 0 Å². The second-order valence-corrected chi connectivity index (χ2v) is 6.74. The number of halogens is 2. The maximum absolute atomic E-state index is 13.4. The molecule has 5 nitrogen and oxygen atoms in total. The van der Waals surface area contributed by atoms with E-state index in [1.165, 1.54) is 30.6 Å². The maximum atomic E-state index is 13.4. The van der Waals surface area contributed by atoms with E-state index in [1.807, 2.05) is 0 Å². The molecular weight excluding hydrogens is 355 g/mol. The molecule has 1 aromatic heterocycles. The van der Waals surface area contributed by atoms with E-state index in [9.17, 15) is 14.0 Å². The van der Waals surface area contributed by atoms with E-state index in [0.717, 1.165) is 10.9 Å². The Morgan fingerprint density at radius 3 is 2.62 bits per heavy atom. The Hall–Kier alpha value is -1.96. The molecule has 0 spiro atoms. The third kappa shape index (κ3) is 4.77. The summed E-state index contributed by atoms with van der Waals surface area (Å²) < 4.78 is 19.3. The number of nitrogens with one attached hydrogen (secondary N) is 2. The molecule has 0 radical (unpaired) electrons. The molecule has 1 atom stereocenters. The summed E-state index contributed by atoms with van der Waals surface area (Å²) in [6.07, 6.45) is -0.406. The van der Waals surface area contributed by atoms with Crippen LogP contribution in [0.5, 0.6) is 0 Å². The van der Waals surface area contributed by atoms with E-state index in [2.05, 4.69) is 10.6 Å². The van der Waals surface area contributed by atoms with Crippen molar-refractivity contribution in [2.45, 2.75) is 13.0 Å². The maximum Gasteiger partial charge on any atom is 0.313 e. The number of methoxy groups -OCH3 is 1. The van der Waals surface area contributed by atoms with Gasteiger partial charge in [-0.25, -0.2) is 4.39 Å². The molecule has 1 heterocycles. The average Bonchev–Trinajstić information content (AvgIpc) is 2.97. The first-order valence-electron chi connectivity index (χ1n) is 7.04. The molecule has 0 aliphatic rings. The molecule has 2 N–H and O–H groups in total. The lowest BCUT2D eigenvalue weighted by Gasteiger charge is -2.14. The number of carbonyl (C=O) groups is 2. The smallest absolute Gasteiger partial charge is 0.313 e. The first-order valence-corrected chi connectivity index (χ1v) is 8.23. The lowest BCUT2D eigenvalue weighted by molar-refractivity contribution is -0.136. The summed E-state index contributed by atoms with van der Waals surface area (Å²) in [7, 11) is 1.50. The molecule has 0 saturated carbocycles. The Morgan fingerprint density at radius 1 is 1.29 bits per heavy atom. The largest absolute Gasteiger partial charge is 0.374 e. The number of hydrogen-bond donors (Lipinski definition) is 2. The standard InChI is InChI=1S/C16H16ClFN2O3S/c1-9-3-4-10(7-11(9)18)20-16(22)15(21)19-8-12(23-2)13-5-6-14(17)24-13/h3-7,12H,8H2,1-2H3,(H,19,21)(H,20,22). The Kier molecular flexibility index (Phi) is 6.30. The van der Waals surface area contributed by atoms with Gasteiger partial charge in [0.15, 0.2) is 0 Å². The van der Waals surface area contributed by atoms with Gasteiger partial charge in [-0.2, -0.15) is 0 Å². The molecule has 8 heteroatoms. The van der Waals surface area contributed by atoms with Crippen LogP contribution in [0, 0.1) is 12.7 Å². The SMILES string of the molecule is COC(CNC(=O)C(=O)Nc1ccc(C)c(F)c1)c1ccc(Cl)s1. The van der Waals surface area contributed by atoms with Crippen molar-refractivity contribution in [3.8, 4) is 0 Å². The monoisotopic (exact) mass is 370 g/mol. The number of hydrogen-bond acceptors (Lipinski definition) is 4. The van der Waals surface area contributed by atoms with Gasteiger partial charge >= 0.3 is 11.8 Å². The van der Waals surface area contributed by atoms with Crippen LogP contribution in [0.25, 0.3) is 0 Å². The summed E-state index contributed by atoms with van der Waals surface area (Å²) in [4.78, 5) is 24.5. The highest BCUT2D eigenvalue weighted by Crippen LogP contribution is 2.28. The lowest BCUT2D eigenvalue weighted by atomic mass is 10.2. The van der Waals surface area contributed by atoms with E-state index in [1.54, 1.807) is 19.1 Å². The highest BCUT2D eigenvalue weighted by molar-refractivity contribution is 7.16. The molecule has 0 bridgehead atoms. The third-order valence-corrected chi connectivity index (χ3v) is 4.60. The van der Waals surface area contributed by atoms with E-state index in [4.69, 9.17) is 16.3 Å². The van der Waals surface area contributed by atoms with E-state index in [-0.39, 0.29) is 12.2 Å². The van der Waals surface area contributed by atoms with Crippen LogP contribution < -0.4 is 10.6 Å². The van der Waals surface area contributed by atoms with Crippen molar-refractivity contribution < 1.29 is 18.7 Å². The Balaban J connectivity index is 1.91. The van der Waals surface area contributed by atoms with E-state index < -0.39 is 23.7 Å². The van der Waals surface area contributed by atoms with Gasteiger partial charge in [-0.3, -0.25) is 9.59 Å². The van der Waals surface area contributed by atoms with Gasteiger partial charge in [0.2, 0.25) is 0 Å². The summed E-state index contributed by atoms with van der Waals surface area (Å²) in [5, 5.41) is 4.83. The number of amides is 2. The molecule has 0 fully saturated rings. The van der Waals surface area contributed by atoms with E-state index in [0.29, 0.717) is 9.90 Å². The summed E-state index contributed by atoms with van der Waals surface area (Å²) in [6, 6.07) is 7.72. The highest BCUT2D eigenvalue weighted by atomic mass is 35.5. The first kappa shape index (κ1) is 18.4. The van der Waals surface area contributed by atoms with Gasteiger partial charge in [0, 0.05) is 24.2 Å². The number of carbonyl (C=O) groups excluding carboxylic acids is 2. The van der Waals surface area contributed by atoms with Gasteiger partial charge in [-0.05, 0) is 36.8 Å². The van der Waals surface area contributed by atoms with Crippen LogP contribution in [-0.2, 0) is 14.3 Å². The van der Waals surface area contributed by atoms with Crippen LogP contribution in [0.4, 0.5) is 10.1 Å². The van der Waals surface area contributed by atoms with Gasteiger partial charge in [0.25, 0.3) is 0 Å². The Labute approximate surface area is 147 Å². The molecule has 1 aromatic carbocycles. The summed E-state index contributed by atoms with van der Waals surface area (Å²) in [6.45, 7) is 1.72. The number of thiophene rings is 1. The number of anilines is 1. The predicted molar refractivity (Wildman–Crippen MR) is 91.9 cm³/mol. The van der Waals surface area contributed by atoms with Crippen molar-refractivity contribution in [1.29, 1.82) is 0 Å². The quantitative estimate of drug-likeness (QED) is 0.793. The Bertz CT molecular complexity index is 751. The second-order valence-electron chi connectivity index (χ2n) is 4.99. The zero-order valence-electron chi connectivity index (χ0n) is 13.1.